The number of fused-ring (bicyclic) bond motifs is 1. The maximum atomic E-state index is 14.5. The highest BCUT2D eigenvalue weighted by Gasteiger charge is 2.37. The van der Waals surface area contributed by atoms with E-state index < -0.39 is 35.2 Å². The van der Waals surface area contributed by atoms with Crippen LogP contribution in [0.4, 0.5) is 23.2 Å². The number of halogens is 4. The third kappa shape index (κ3) is 7.81. The molecule has 254 valence electrons. The van der Waals surface area contributed by atoms with Crippen molar-refractivity contribution < 1.29 is 32.2 Å². The Morgan fingerprint density at radius 3 is 2.30 bits per heavy atom. The molecule has 0 amide bonds. The molecule has 0 spiro atoms. The van der Waals surface area contributed by atoms with Gasteiger partial charge in [-0.3, -0.25) is 9.88 Å². The van der Waals surface area contributed by atoms with Gasteiger partial charge in [-0.25, -0.2) is 9.18 Å². The van der Waals surface area contributed by atoms with Crippen LogP contribution in [0.15, 0.2) is 36.4 Å². The number of hydrogen-bond donors (Lipinski definition) is 1. The molecule has 2 aliphatic rings. The Morgan fingerprint density at radius 1 is 1.00 bits per heavy atom. The highest BCUT2D eigenvalue weighted by atomic mass is 19.4. The molecular formula is C37H45F4N3O3. The molecule has 2 aromatic carbocycles. The summed E-state index contributed by atoms with van der Waals surface area (Å²) in [6.07, 6.45) is -3.21. The maximum absolute atomic E-state index is 14.5. The van der Waals surface area contributed by atoms with Gasteiger partial charge in [0.05, 0.1) is 16.9 Å². The molecule has 0 bridgehead atoms. The van der Waals surface area contributed by atoms with E-state index in [1.807, 2.05) is 51.7 Å². The minimum atomic E-state index is -4.54. The summed E-state index contributed by atoms with van der Waals surface area (Å²) in [5, 5.41) is 10.5. The molecule has 6 nitrogen and oxygen atoms in total. The molecule has 1 aromatic heterocycles. The zero-order valence-corrected chi connectivity index (χ0v) is 28.3. The number of anilines is 1. The normalized spacial score (nSPS) is 17.8. The molecule has 0 radical (unpaired) electrons. The van der Waals surface area contributed by atoms with E-state index in [0.29, 0.717) is 30.8 Å². The lowest BCUT2D eigenvalue weighted by Gasteiger charge is -2.41. The second kappa shape index (κ2) is 12.8. The van der Waals surface area contributed by atoms with Gasteiger partial charge in [-0.1, -0.05) is 32.0 Å². The van der Waals surface area contributed by atoms with Crippen LogP contribution < -0.4 is 4.90 Å². The molecule has 3 heterocycles. The Morgan fingerprint density at radius 2 is 1.68 bits per heavy atom. The molecule has 47 heavy (non-hydrogen) atoms. The Balaban J connectivity index is 1.54. The van der Waals surface area contributed by atoms with Crippen molar-refractivity contribution in [3.63, 3.8) is 0 Å². The number of nitrogens with zero attached hydrogens (tertiary/aromatic N) is 3. The number of carboxylic acid groups (broad SMARTS) is 1. The largest absolute Gasteiger partial charge is 0.479 e. The lowest BCUT2D eigenvalue weighted by atomic mass is 9.81. The van der Waals surface area contributed by atoms with E-state index in [2.05, 4.69) is 24.8 Å². The van der Waals surface area contributed by atoms with Crippen LogP contribution in [0.1, 0.15) is 92.8 Å². The van der Waals surface area contributed by atoms with E-state index in [0.717, 1.165) is 77.8 Å². The van der Waals surface area contributed by atoms with Crippen molar-refractivity contribution >= 4 is 11.7 Å². The third-order valence-electron chi connectivity index (χ3n) is 9.32. The number of piperidine rings is 1. The molecule has 0 aliphatic carbocycles. The number of ether oxygens (including phenoxy) is 1. The van der Waals surface area contributed by atoms with E-state index in [-0.39, 0.29) is 17.5 Å². The van der Waals surface area contributed by atoms with E-state index in [1.54, 1.807) is 0 Å². The SMILES string of the molecule is Cc1nc(C)c(C(OC(C)(C)C)C(=O)O)c(N2CCC(C)(C)CC2)c1-c1ccc2c(c1)CCN(Cc1cc(C(F)(F)F)ccc1F)C2. The Kier molecular flexibility index (Phi) is 9.51. The minimum Gasteiger partial charge on any atom is -0.479 e. The van der Waals surface area contributed by atoms with Gasteiger partial charge in [-0.2, -0.15) is 13.2 Å². The fraction of sp³-hybridized carbons (Fsp3) is 0.514. The number of aromatic nitrogens is 1. The standard InChI is InChI=1S/C37H45F4N3O3/c1-22-30(32(44-16-13-36(6,7)14-17-44)31(23(2)42-22)33(34(45)46)47-35(3,4)5)25-8-9-26-20-43(15-12-24(26)18-25)21-27-19-28(37(39,40)41)10-11-29(27)38/h8-11,18-19,33H,12-17,20-21H2,1-7H3,(H,45,46). The Hall–Kier alpha value is -3.50. The predicted molar refractivity (Wildman–Crippen MR) is 175 cm³/mol. The van der Waals surface area contributed by atoms with Crippen LogP contribution in [0.3, 0.4) is 0 Å². The first-order chi connectivity index (χ1) is 21.8. The summed E-state index contributed by atoms with van der Waals surface area (Å²) in [5.41, 5.74) is 5.38. The van der Waals surface area contributed by atoms with Crippen molar-refractivity contribution in [1.29, 1.82) is 0 Å². The summed E-state index contributed by atoms with van der Waals surface area (Å²) in [5.74, 6) is -1.72. The summed E-state index contributed by atoms with van der Waals surface area (Å²) in [4.78, 5) is 21.9. The van der Waals surface area contributed by atoms with Gasteiger partial charge < -0.3 is 14.7 Å². The molecule has 1 unspecified atom stereocenters. The van der Waals surface area contributed by atoms with Gasteiger partial charge in [0.15, 0.2) is 6.10 Å². The average molecular weight is 656 g/mol. The highest BCUT2D eigenvalue weighted by Crippen LogP contribution is 2.45. The number of alkyl halides is 3. The van der Waals surface area contributed by atoms with Crippen LogP contribution >= 0.6 is 0 Å². The van der Waals surface area contributed by atoms with Crippen molar-refractivity contribution in [1.82, 2.24) is 9.88 Å². The zero-order chi connectivity index (χ0) is 34.5. The smallest absolute Gasteiger partial charge is 0.416 e. The molecule has 10 heteroatoms. The molecule has 2 aliphatic heterocycles. The van der Waals surface area contributed by atoms with E-state index in [1.165, 1.54) is 0 Å². The number of carboxylic acids is 1. The molecule has 3 aromatic rings. The minimum absolute atomic E-state index is 0.0218. The third-order valence-corrected chi connectivity index (χ3v) is 9.32. The van der Waals surface area contributed by atoms with Crippen molar-refractivity contribution in [3.8, 4) is 11.1 Å². The number of benzene rings is 2. The zero-order valence-electron chi connectivity index (χ0n) is 28.3. The fourth-order valence-corrected chi connectivity index (χ4v) is 6.77. The van der Waals surface area contributed by atoms with E-state index >= 15 is 0 Å². The van der Waals surface area contributed by atoms with Crippen LogP contribution in [-0.4, -0.2) is 46.2 Å². The van der Waals surface area contributed by atoms with E-state index in [9.17, 15) is 27.5 Å². The van der Waals surface area contributed by atoms with Crippen molar-refractivity contribution in [2.45, 2.75) is 98.7 Å². The molecule has 0 saturated carbocycles. The summed E-state index contributed by atoms with van der Waals surface area (Å²) >= 11 is 0. The Labute approximate surface area is 274 Å². The second-order valence-corrected chi connectivity index (χ2v) is 14.8. The van der Waals surface area contributed by atoms with Gasteiger partial charge in [0.1, 0.15) is 5.82 Å². The average Bonchev–Trinajstić information content (AvgIpc) is 2.96. The van der Waals surface area contributed by atoms with Gasteiger partial charge in [0.2, 0.25) is 0 Å². The topological polar surface area (TPSA) is 65.9 Å². The van der Waals surface area contributed by atoms with Gasteiger partial charge in [-0.15, -0.1) is 0 Å². The summed E-state index contributed by atoms with van der Waals surface area (Å²) in [6, 6.07) is 8.70. The van der Waals surface area contributed by atoms with E-state index in [4.69, 9.17) is 9.72 Å². The summed E-state index contributed by atoms with van der Waals surface area (Å²) in [6.45, 7) is 16.5. The second-order valence-electron chi connectivity index (χ2n) is 14.8. The molecule has 1 saturated heterocycles. The number of hydrogen-bond acceptors (Lipinski definition) is 5. The highest BCUT2D eigenvalue weighted by molar-refractivity contribution is 5.88. The molecule has 1 atom stereocenters. The predicted octanol–water partition coefficient (Wildman–Crippen LogP) is 8.65. The Bertz CT molecular complexity index is 1650. The van der Waals surface area contributed by atoms with Crippen LogP contribution in [0, 0.1) is 25.1 Å². The van der Waals surface area contributed by atoms with Gasteiger partial charge in [0.25, 0.3) is 0 Å². The van der Waals surface area contributed by atoms with Crippen molar-refractivity contribution in [3.05, 3.63) is 81.4 Å². The van der Waals surface area contributed by atoms with Crippen molar-refractivity contribution in [2.24, 2.45) is 5.41 Å². The maximum Gasteiger partial charge on any atom is 0.416 e. The lowest BCUT2D eigenvalue weighted by molar-refractivity contribution is -0.160. The lowest BCUT2D eigenvalue weighted by Crippen LogP contribution is -2.39. The summed E-state index contributed by atoms with van der Waals surface area (Å²) < 4.78 is 60.6. The van der Waals surface area contributed by atoms with Crippen molar-refractivity contribution in [2.75, 3.05) is 24.5 Å². The van der Waals surface area contributed by atoms with Crippen LogP contribution in [-0.2, 0) is 35.2 Å². The molecule has 1 N–H and O–H groups in total. The quantitative estimate of drug-likeness (QED) is 0.257. The molecular weight excluding hydrogens is 610 g/mol. The molecule has 1 fully saturated rings. The first kappa shape index (κ1) is 34.8. The first-order valence-electron chi connectivity index (χ1n) is 16.2. The van der Waals surface area contributed by atoms with Gasteiger partial charge in [-0.05, 0) is 94.2 Å². The number of aryl methyl sites for hydroxylation is 2. The summed E-state index contributed by atoms with van der Waals surface area (Å²) in [7, 11) is 0. The van der Waals surface area contributed by atoms with Crippen LogP contribution in [0.5, 0.6) is 0 Å². The number of pyridine rings is 1. The van der Waals surface area contributed by atoms with Gasteiger partial charge >= 0.3 is 12.1 Å². The fourth-order valence-electron chi connectivity index (χ4n) is 6.77. The number of carbonyl (C=O) groups is 1. The van der Waals surface area contributed by atoms with Gasteiger partial charge in [0, 0.05) is 60.8 Å². The number of aliphatic carboxylic acids is 1. The first-order valence-corrected chi connectivity index (χ1v) is 16.2. The number of rotatable bonds is 7. The molecule has 5 rings (SSSR count). The monoisotopic (exact) mass is 655 g/mol. The van der Waals surface area contributed by atoms with Crippen LogP contribution in [0.25, 0.3) is 11.1 Å². The van der Waals surface area contributed by atoms with Crippen LogP contribution in [0.2, 0.25) is 0 Å².